The van der Waals surface area contributed by atoms with Crippen molar-refractivity contribution in [2.45, 2.75) is 37.9 Å². The van der Waals surface area contributed by atoms with Crippen LogP contribution in [0, 0.1) is 5.92 Å². The Bertz CT molecular complexity index is 561. The van der Waals surface area contributed by atoms with Gasteiger partial charge in [0.1, 0.15) is 0 Å². The first-order chi connectivity index (χ1) is 11.2. The summed E-state index contributed by atoms with van der Waals surface area (Å²) >= 11 is 1.19. The number of carbonyl (C=O) groups is 3. The van der Waals surface area contributed by atoms with E-state index in [-0.39, 0.29) is 16.3 Å². The summed E-state index contributed by atoms with van der Waals surface area (Å²) in [4.78, 5) is 36.7. The van der Waals surface area contributed by atoms with Gasteiger partial charge in [-0.05, 0) is 5.56 Å². The second-order valence-electron chi connectivity index (χ2n) is 6.33. The molecule has 0 heterocycles. The van der Waals surface area contributed by atoms with Gasteiger partial charge in [-0.3, -0.25) is 14.4 Å². The smallest absolute Gasteiger partial charge is 0.320 e. The Morgan fingerprint density at radius 3 is 1.92 bits per heavy atom. The number of thioether (sulfide) groups is 1. The van der Waals surface area contributed by atoms with Crippen molar-refractivity contribution in [2.24, 2.45) is 5.92 Å². The zero-order valence-corrected chi connectivity index (χ0v) is 15.5. The van der Waals surface area contributed by atoms with Gasteiger partial charge in [-0.1, -0.05) is 62.9 Å². The molecule has 0 unspecified atom stereocenters. The van der Waals surface area contributed by atoms with Crippen molar-refractivity contribution in [2.75, 3.05) is 14.2 Å². The van der Waals surface area contributed by atoms with Gasteiger partial charge in [-0.25, -0.2) is 0 Å². The average molecular weight is 352 g/mol. The highest BCUT2D eigenvalue weighted by molar-refractivity contribution is 8.14. The lowest BCUT2D eigenvalue weighted by Gasteiger charge is -2.24. The highest BCUT2D eigenvalue weighted by Gasteiger charge is 2.39. The molecule has 0 aromatic heterocycles. The SMILES string of the molecule is COC(=O)C(C(=O)OC)[C@@H](CC(=O)SC(C)(C)C)c1ccccc1. The third-order valence-electron chi connectivity index (χ3n) is 3.35. The van der Waals surface area contributed by atoms with Crippen LogP contribution in [0.1, 0.15) is 38.7 Å². The predicted molar refractivity (Wildman–Crippen MR) is 93.7 cm³/mol. The highest BCUT2D eigenvalue weighted by atomic mass is 32.2. The van der Waals surface area contributed by atoms with Crippen LogP contribution in [-0.4, -0.2) is 36.0 Å². The molecule has 1 rings (SSSR count). The molecular formula is C18H24O5S. The van der Waals surface area contributed by atoms with E-state index in [1.807, 2.05) is 26.8 Å². The van der Waals surface area contributed by atoms with Gasteiger partial charge in [0.05, 0.1) is 14.2 Å². The predicted octanol–water partition coefficient (Wildman–Crippen LogP) is 3.18. The van der Waals surface area contributed by atoms with E-state index in [0.717, 1.165) is 5.56 Å². The number of ether oxygens (including phenoxy) is 2. The molecule has 0 aliphatic heterocycles. The summed E-state index contributed by atoms with van der Waals surface area (Å²) in [6, 6.07) is 9.01. The second-order valence-corrected chi connectivity index (χ2v) is 8.22. The standard InChI is InChI=1S/C18H24O5S/c1-18(2,3)24-14(19)11-13(12-9-7-6-8-10-12)15(16(20)22-4)17(21)23-5/h6-10,13,15H,11H2,1-5H3/t13-/m0/s1. The average Bonchev–Trinajstić information content (AvgIpc) is 2.52. The topological polar surface area (TPSA) is 69.7 Å². The first-order valence-electron chi connectivity index (χ1n) is 7.62. The van der Waals surface area contributed by atoms with Crippen LogP contribution in [0.4, 0.5) is 0 Å². The van der Waals surface area contributed by atoms with Crippen molar-refractivity contribution in [3.05, 3.63) is 35.9 Å². The largest absolute Gasteiger partial charge is 0.468 e. The summed E-state index contributed by atoms with van der Waals surface area (Å²) in [7, 11) is 2.43. The molecule has 0 bridgehead atoms. The summed E-state index contributed by atoms with van der Waals surface area (Å²) in [5, 5.41) is -0.0887. The minimum Gasteiger partial charge on any atom is -0.468 e. The van der Waals surface area contributed by atoms with E-state index in [1.54, 1.807) is 24.3 Å². The van der Waals surface area contributed by atoms with Gasteiger partial charge in [0.2, 0.25) is 0 Å². The van der Waals surface area contributed by atoms with Gasteiger partial charge in [-0.2, -0.15) is 0 Å². The fourth-order valence-corrected chi connectivity index (χ4v) is 3.32. The van der Waals surface area contributed by atoms with Gasteiger partial charge in [0.15, 0.2) is 11.0 Å². The fourth-order valence-electron chi connectivity index (χ4n) is 2.37. The Morgan fingerprint density at radius 1 is 1.00 bits per heavy atom. The summed E-state index contributed by atoms with van der Waals surface area (Å²) in [6.45, 7) is 5.81. The molecule has 5 nitrogen and oxygen atoms in total. The van der Waals surface area contributed by atoms with Crippen LogP contribution in [0.3, 0.4) is 0 Å². The molecule has 0 saturated carbocycles. The molecular weight excluding hydrogens is 328 g/mol. The maximum absolute atomic E-state index is 12.4. The maximum Gasteiger partial charge on any atom is 0.320 e. The molecule has 0 aliphatic carbocycles. The van der Waals surface area contributed by atoms with Crippen molar-refractivity contribution in [3.63, 3.8) is 0 Å². The van der Waals surface area contributed by atoms with Crippen molar-refractivity contribution < 1.29 is 23.9 Å². The van der Waals surface area contributed by atoms with Gasteiger partial charge in [0, 0.05) is 17.1 Å². The van der Waals surface area contributed by atoms with E-state index in [9.17, 15) is 14.4 Å². The number of esters is 2. The summed E-state index contributed by atoms with van der Waals surface area (Å²) in [5.41, 5.74) is 0.723. The van der Waals surface area contributed by atoms with E-state index in [0.29, 0.717) is 0 Å². The third kappa shape index (κ3) is 6.00. The van der Waals surface area contributed by atoms with Crippen LogP contribution < -0.4 is 0 Å². The molecule has 0 aliphatic rings. The molecule has 0 fully saturated rings. The van der Waals surface area contributed by atoms with Gasteiger partial charge in [0.25, 0.3) is 0 Å². The zero-order valence-electron chi connectivity index (χ0n) is 14.7. The molecule has 1 aromatic carbocycles. The van der Waals surface area contributed by atoms with Crippen LogP contribution in [0.2, 0.25) is 0 Å². The Balaban J connectivity index is 3.19. The molecule has 1 atom stereocenters. The minimum absolute atomic E-state index is 0.0425. The highest BCUT2D eigenvalue weighted by Crippen LogP contribution is 2.35. The molecule has 1 aromatic rings. The van der Waals surface area contributed by atoms with Crippen molar-refractivity contribution in [3.8, 4) is 0 Å². The summed E-state index contributed by atoms with van der Waals surface area (Å²) in [6.07, 6.45) is 0.0425. The molecule has 0 saturated heterocycles. The van der Waals surface area contributed by atoms with E-state index < -0.39 is 23.8 Å². The number of hydrogen-bond acceptors (Lipinski definition) is 6. The maximum atomic E-state index is 12.4. The van der Waals surface area contributed by atoms with E-state index in [1.165, 1.54) is 26.0 Å². The van der Waals surface area contributed by atoms with Crippen LogP contribution in [0.5, 0.6) is 0 Å². The van der Waals surface area contributed by atoms with Crippen LogP contribution >= 0.6 is 11.8 Å². The quantitative estimate of drug-likeness (QED) is 0.578. The second kappa shape index (κ2) is 8.87. The van der Waals surface area contributed by atoms with Crippen molar-refractivity contribution in [1.82, 2.24) is 0 Å². The van der Waals surface area contributed by atoms with E-state index >= 15 is 0 Å². The summed E-state index contributed by atoms with van der Waals surface area (Å²) < 4.78 is 9.28. The van der Waals surface area contributed by atoms with Crippen LogP contribution in [0.15, 0.2) is 30.3 Å². The van der Waals surface area contributed by atoms with Crippen LogP contribution in [-0.2, 0) is 23.9 Å². The Hall–Kier alpha value is -1.82. The van der Waals surface area contributed by atoms with Gasteiger partial charge >= 0.3 is 11.9 Å². The Morgan fingerprint density at radius 2 is 1.50 bits per heavy atom. The van der Waals surface area contributed by atoms with Gasteiger partial charge < -0.3 is 9.47 Å². The normalized spacial score (nSPS) is 12.6. The lowest BCUT2D eigenvalue weighted by molar-refractivity contribution is -0.160. The zero-order chi connectivity index (χ0) is 18.3. The monoisotopic (exact) mass is 352 g/mol. The molecule has 0 N–H and O–H groups in total. The summed E-state index contributed by atoms with van der Waals surface area (Å²) in [5.74, 6) is -3.21. The lowest BCUT2D eigenvalue weighted by Crippen LogP contribution is -2.33. The molecule has 0 spiro atoms. The molecule has 6 heteroatoms. The van der Waals surface area contributed by atoms with Crippen molar-refractivity contribution >= 4 is 28.8 Å². The number of rotatable bonds is 6. The minimum atomic E-state index is -1.17. The number of benzene rings is 1. The van der Waals surface area contributed by atoms with Crippen molar-refractivity contribution in [1.29, 1.82) is 0 Å². The Labute approximate surface area is 147 Å². The number of methoxy groups -OCH3 is 2. The van der Waals surface area contributed by atoms with E-state index in [2.05, 4.69) is 0 Å². The van der Waals surface area contributed by atoms with E-state index in [4.69, 9.17) is 9.47 Å². The molecule has 24 heavy (non-hydrogen) atoms. The lowest BCUT2D eigenvalue weighted by atomic mass is 9.83. The third-order valence-corrected chi connectivity index (χ3v) is 4.35. The molecule has 0 amide bonds. The first-order valence-corrected chi connectivity index (χ1v) is 8.43. The Kier molecular flexibility index (Phi) is 7.48. The number of hydrogen-bond donors (Lipinski definition) is 0. The molecule has 132 valence electrons. The molecule has 0 radical (unpaired) electrons. The first kappa shape index (κ1) is 20.2. The fraction of sp³-hybridized carbons (Fsp3) is 0.500. The van der Waals surface area contributed by atoms with Crippen LogP contribution in [0.25, 0.3) is 0 Å². The number of carbonyl (C=O) groups excluding carboxylic acids is 3. The van der Waals surface area contributed by atoms with Gasteiger partial charge in [-0.15, -0.1) is 0 Å².